The van der Waals surface area contributed by atoms with Crippen molar-refractivity contribution in [3.63, 3.8) is 0 Å². The van der Waals surface area contributed by atoms with Gasteiger partial charge in [-0.15, -0.1) is 6.42 Å². The number of carbonyl (C=O) groups excluding carboxylic acids is 2. The molecule has 0 aromatic heterocycles. The van der Waals surface area contributed by atoms with Crippen LogP contribution in [0.1, 0.15) is 56.1 Å². The van der Waals surface area contributed by atoms with E-state index in [0.717, 1.165) is 17.8 Å². The van der Waals surface area contributed by atoms with Gasteiger partial charge in [0.2, 0.25) is 11.8 Å². The number of carbonyl (C=O) groups is 2. The molecular formula is C27H34FN3O2. The summed E-state index contributed by atoms with van der Waals surface area (Å²) >= 11 is 0. The second-order valence-electron chi connectivity index (χ2n) is 11.0. The van der Waals surface area contributed by atoms with Crippen molar-refractivity contribution in [2.75, 3.05) is 32.7 Å². The molecule has 0 radical (unpaired) electrons. The quantitative estimate of drug-likeness (QED) is 0.676. The van der Waals surface area contributed by atoms with Crippen molar-refractivity contribution in [2.24, 2.45) is 23.2 Å². The average molecular weight is 452 g/mol. The van der Waals surface area contributed by atoms with Crippen molar-refractivity contribution in [2.45, 2.75) is 51.5 Å². The van der Waals surface area contributed by atoms with E-state index < -0.39 is 0 Å². The molecule has 4 bridgehead atoms. The van der Waals surface area contributed by atoms with Gasteiger partial charge in [-0.1, -0.05) is 5.92 Å². The Morgan fingerprint density at radius 3 is 2.30 bits per heavy atom. The maximum Gasteiger partial charge on any atom is 0.242 e. The molecule has 0 spiro atoms. The molecule has 1 N–H and O–H groups in total. The minimum absolute atomic E-state index is 0.0333. The lowest BCUT2D eigenvalue weighted by atomic mass is 9.49. The molecule has 6 heteroatoms. The van der Waals surface area contributed by atoms with E-state index in [0.29, 0.717) is 50.3 Å². The number of amides is 2. The molecule has 176 valence electrons. The van der Waals surface area contributed by atoms with E-state index in [1.54, 1.807) is 17.0 Å². The second-order valence-corrected chi connectivity index (χ2v) is 11.0. The lowest BCUT2D eigenvalue weighted by Crippen LogP contribution is -2.51. The molecule has 6 rings (SSSR count). The summed E-state index contributed by atoms with van der Waals surface area (Å²) in [6.45, 7) is 3.06. The molecule has 1 saturated heterocycles. The van der Waals surface area contributed by atoms with E-state index in [1.165, 1.54) is 44.6 Å². The van der Waals surface area contributed by atoms with Crippen LogP contribution < -0.4 is 5.32 Å². The predicted molar refractivity (Wildman–Crippen MR) is 124 cm³/mol. The van der Waals surface area contributed by atoms with Crippen molar-refractivity contribution in [3.05, 3.63) is 35.1 Å². The highest BCUT2D eigenvalue weighted by atomic mass is 19.1. The number of terminal acetylenes is 1. The number of nitrogens with zero attached hydrogens (tertiary/aromatic N) is 2. The van der Waals surface area contributed by atoms with Gasteiger partial charge in [-0.3, -0.25) is 14.5 Å². The van der Waals surface area contributed by atoms with Gasteiger partial charge in [0.1, 0.15) is 5.82 Å². The Labute approximate surface area is 196 Å². The molecule has 0 atom stereocenters. The zero-order chi connectivity index (χ0) is 23.0. The number of hydrogen-bond donors (Lipinski definition) is 1. The average Bonchev–Trinajstić information content (AvgIpc) is 2.78. The van der Waals surface area contributed by atoms with Crippen LogP contribution in [-0.2, 0) is 16.1 Å². The molecule has 1 aromatic carbocycles. The van der Waals surface area contributed by atoms with Crippen molar-refractivity contribution in [1.82, 2.24) is 15.1 Å². The Morgan fingerprint density at radius 2 is 1.70 bits per heavy atom. The van der Waals surface area contributed by atoms with Crippen molar-refractivity contribution < 1.29 is 14.0 Å². The van der Waals surface area contributed by atoms with Crippen molar-refractivity contribution >= 4 is 11.8 Å². The van der Waals surface area contributed by atoms with Gasteiger partial charge in [-0.05, 0) is 79.9 Å². The molecule has 2 amide bonds. The zero-order valence-corrected chi connectivity index (χ0v) is 19.3. The Kier molecular flexibility index (Phi) is 6.18. The second kappa shape index (κ2) is 9.10. The van der Waals surface area contributed by atoms with E-state index in [2.05, 4.69) is 16.1 Å². The van der Waals surface area contributed by atoms with Crippen molar-refractivity contribution in [1.29, 1.82) is 0 Å². The number of rotatable bonds is 6. The molecular weight excluding hydrogens is 417 g/mol. The van der Waals surface area contributed by atoms with Gasteiger partial charge < -0.3 is 10.2 Å². The van der Waals surface area contributed by atoms with Crippen LogP contribution in [0.5, 0.6) is 0 Å². The van der Waals surface area contributed by atoms with Gasteiger partial charge in [0.05, 0.1) is 6.54 Å². The summed E-state index contributed by atoms with van der Waals surface area (Å²) in [7, 11) is 0. The number of hydrogen-bond acceptors (Lipinski definition) is 3. The fraction of sp³-hybridized carbons (Fsp3) is 0.630. The summed E-state index contributed by atoms with van der Waals surface area (Å²) < 4.78 is 14.1. The highest BCUT2D eigenvalue weighted by Gasteiger charge is 2.51. The van der Waals surface area contributed by atoms with Gasteiger partial charge in [-0.2, -0.15) is 0 Å². The van der Waals surface area contributed by atoms with Gasteiger partial charge in [-0.25, -0.2) is 4.39 Å². The van der Waals surface area contributed by atoms with E-state index in [9.17, 15) is 14.0 Å². The fourth-order valence-electron chi connectivity index (χ4n) is 7.38. The summed E-state index contributed by atoms with van der Waals surface area (Å²) in [5.41, 5.74) is 1.45. The van der Waals surface area contributed by atoms with Crippen LogP contribution in [0.3, 0.4) is 0 Å². The Bertz CT molecular complexity index is 925. The molecule has 1 heterocycles. The topological polar surface area (TPSA) is 52.6 Å². The minimum Gasteiger partial charge on any atom is -0.347 e. The van der Waals surface area contributed by atoms with Gasteiger partial charge in [0.25, 0.3) is 0 Å². The first-order chi connectivity index (χ1) is 15.9. The van der Waals surface area contributed by atoms with Crippen LogP contribution >= 0.6 is 0 Å². The third-order valence-corrected chi connectivity index (χ3v) is 8.47. The molecule has 0 unspecified atom stereocenters. The zero-order valence-electron chi connectivity index (χ0n) is 19.3. The van der Waals surface area contributed by atoms with Crippen LogP contribution in [0.4, 0.5) is 4.39 Å². The van der Waals surface area contributed by atoms with Gasteiger partial charge >= 0.3 is 0 Å². The lowest BCUT2D eigenvalue weighted by molar-refractivity contribution is -0.136. The third-order valence-electron chi connectivity index (χ3n) is 8.47. The van der Waals surface area contributed by atoms with Crippen molar-refractivity contribution in [3.8, 4) is 12.3 Å². The first-order valence-corrected chi connectivity index (χ1v) is 12.4. The molecule has 5 nitrogen and oxygen atoms in total. The maximum atomic E-state index is 14.1. The van der Waals surface area contributed by atoms with E-state index in [1.807, 2.05) is 0 Å². The van der Waals surface area contributed by atoms with Crippen LogP contribution in [0.25, 0.3) is 0 Å². The minimum atomic E-state index is -0.255. The van der Waals surface area contributed by atoms with E-state index in [-0.39, 0.29) is 29.6 Å². The molecule has 4 aliphatic carbocycles. The first kappa shape index (κ1) is 22.4. The van der Waals surface area contributed by atoms with E-state index in [4.69, 9.17) is 6.42 Å². The highest BCUT2D eigenvalue weighted by Crippen LogP contribution is 2.61. The summed E-state index contributed by atoms with van der Waals surface area (Å²) in [6, 6.07) is 4.73. The van der Waals surface area contributed by atoms with E-state index >= 15 is 0 Å². The number of piperazine rings is 1. The molecule has 5 aliphatic rings. The molecule has 1 aromatic rings. The SMILES string of the molecule is C#Cc1ccc(F)c(CN2CCN(C(=O)CNC(=O)CC34CC5CC(CC(C5)C3)C4)CC2)c1. The molecule has 5 fully saturated rings. The van der Waals surface area contributed by atoms with Gasteiger partial charge in [0.15, 0.2) is 0 Å². The van der Waals surface area contributed by atoms with Crippen LogP contribution in [0, 0.1) is 41.3 Å². The predicted octanol–water partition coefficient (Wildman–Crippen LogP) is 3.17. The molecule has 4 saturated carbocycles. The first-order valence-electron chi connectivity index (χ1n) is 12.4. The number of nitrogens with one attached hydrogen (secondary N) is 1. The Hall–Kier alpha value is -2.39. The Balaban J connectivity index is 1.06. The smallest absolute Gasteiger partial charge is 0.242 e. The van der Waals surface area contributed by atoms with Gasteiger partial charge in [0, 0.05) is 50.3 Å². The normalized spacial score (nSPS) is 30.8. The standard InChI is InChI=1S/C27H34FN3O2/c1-2-19-3-4-24(28)23(12-19)18-30-5-7-31(8-6-30)26(33)17-29-25(32)16-27-13-20-9-21(14-27)11-22(10-20)15-27/h1,3-4,12,20-22H,5-11,13-18H2,(H,29,32). The van der Waals surface area contributed by atoms with Crippen LogP contribution in [-0.4, -0.2) is 54.3 Å². The third kappa shape index (κ3) is 4.94. The lowest BCUT2D eigenvalue weighted by Gasteiger charge is -2.56. The van der Waals surface area contributed by atoms with Crippen LogP contribution in [0.15, 0.2) is 18.2 Å². The molecule has 33 heavy (non-hydrogen) atoms. The summed E-state index contributed by atoms with van der Waals surface area (Å²) in [6.07, 6.45) is 13.7. The number of halogens is 1. The summed E-state index contributed by atoms with van der Waals surface area (Å²) in [5, 5.41) is 2.91. The molecule has 1 aliphatic heterocycles. The highest BCUT2D eigenvalue weighted by molar-refractivity contribution is 5.85. The maximum absolute atomic E-state index is 14.1. The van der Waals surface area contributed by atoms with Crippen LogP contribution in [0.2, 0.25) is 0 Å². The summed E-state index contributed by atoms with van der Waals surface area (Å²) in [4.78, 5) is 29.3. The largest absolute Gasteiger partial charge is 0.347 e. The monoisotopic (exact) mass is 451 g/mol. The summed E-state index contributed by atoms with van der Waals surface area (Å²) in [5.74, 6) is 4.76. The fourth-order valence-corrected chi connectivity index (χ4v) is 7.38. The Morgan fingerprint density at radius 1 is 1.06 bits per heavy atom. The number of benzene rings is 1.